The van der Waals surface area contributed by atoms with Gasteiger partial charge < -0.3 is 14.4 Å². The third-order valence-corrected chi connectivity index (χ3v) is 6.30. The van der Waals surface area contributed by atoms with Crippen molar-refractivity contribution >= 4 is 21.6 Å². The van der Waals surface area contributed by atoms with Gasteiger partial charge in [-0.1, -0.05) is 30.3 Å². The molecule has 0 atom stereocenters. The molecule has 33 heavy (non-hydrogen) atoms. The lowest BCUT2D eigenvalue weighted by Crippen LogP contribution is -2.33. The van der Waals surface area contributed by atoms with Crippen molar-refractivity contribution < 1.29 is 22.7 Å². The largest absolute Gasteiger partial charge is 0.494 e. The zero-order valence-electron chi connectivity index (χ0n) is 18.7. The first-order valence-electron chi connectivity index (χ1n) is 10.6. The molecule has 0 aliphatic rings. The number of benzene rings is 3. The fourth-order valence-electron chi connectivity index (χ4n) is 3.22. The van der Waals surface area contributed by atoms with Crippen LogP contribution in [0.1, 0.15) is 22.8 Å². The van der Waals surface area contributed by atoms with Gasteiger partial charge in [0.25, 0.3) is 15.9 Å². The van der Waals surface area contributed by atoms with Crippen molar-refractivity contribution in [1.29, 1.82) is 0 Å². The summed E-state index contributed by atoms with van der Waals surface area (Å²) in [5.74, 6) is 0.469. The van der Waals surface area contributed by atoms with Gasteiger partial charge in [-0.3, -0.25) is 9.52 Å². The normalized spacial score (nSPS) is 11.1. The minimum absolute atomic E-state index is 0.0689. The number of carbonyl (C=O) groups is 1. The predicted molar refractivity (Wildman–Crippen MR) is 128 cm³/mol. The number of amides is 1. The highest BCUT2D eigenvalue weighted by molar-refractivity contribution is 7.92. The standard InChI is InChI=1S/C25H28N2O5S/c1-3-32-23-13-11-22(12-14-23)26-33(29,30)24-15-9-21(10-16-24)25(28)27(17-18-31-2)19-20-7-5-4-6-8-20/h4-16,26H,3,17-19H2,1-2H3. The van der Waals surface area contributed by atoms with Crippen LogP contribution in [0.3, 0.4) is 0 Å². The second-order valence-corrected chi connectivity index (χ2v) is 8.97. The molecule has 0 unspecified atom stereocenters. The average molecular weight is 469 g/mol. The molecule has 0 fully saturated rings. The quantitative estimate of drug-likeness (QED) is 0.456. The number of hydrogen-bond acceptors (Lipinski definition) is 5. The summed E-state index contributed by atoms with van der Waals surface area (Å²) in [4.78, 5) is 14.8. The van der Waals surface area contributed by atoms with Crippen LogP contribution in [0.5, 0.6) is 5.75 Å². The van der Waals surface area contributed by atoms with Crippen LogP contribution in [0.25, 0.3) is 0 Å². The van der Waals surface area contributed by atoms with E-state index >= 15 is 0 Å². The summed E-state index contributed by atoms with van der Waals surface area (Å²) in [5.41, 5.74) is 1.83. The van der Waals surface area contributed by atoms with E-state index in [-0.39, 0.29) is 10.8 Å². The van der Waals surface area contributed by atoms with E-state index in [4.69, 9.17) is 9.47 Å². The number of methoxy groups -OCH3 is 1. The van der Waals surface area contributed by atoms with Crippen molar-refractivity contribution in [1.82, 2.24) is 4.90 Å². The second kappa shape index (κ2) is 11.5. The Bertz CT molecular complexity index is 1130. The highest BCUT2D eigenvalue weighted by atomic mass is 32.2. The van der Waals surface area contributed by atoms with Crippen molar-refractivity contribution in [2.75, 3.05) is 31.6 Å². The van der Waals surface area contributed by atoms with Crippen LogP contribution in [-0.4, -0.2) is 46.1 Å². The van der Waals surface area contributed by atoms with Gasteiger partial charge in [0.05, 0.1) is 18.1 Å². The second-order valence-electron chi connectivity index (χ2n) is 7.29. The van der Waals surface area contributed by atoms with Gasteiger partial charge in [-0.05, 0) is 61.0 Å². The van der Waals surface area contributed by atoms with Crippen LogP contribution in [0, 0.1) is 0 Å². The Morgan fingerprint density at radius 2 is 1.61 bits per heavy atom. The minimum atomic E-state index is -3.80. The van der Waals surface area contributed by atoms with Crippen molar-refractivity contribution in [3.8, 4) is 5.75 Å². The summed E-state index contributed by atoms with van der Waals surface area (Å²) in [6.45, 7) is 3.66. The first kappa shape index (κ1) is 24.3. The molecule has 3 rings (SSSR count). The Balaban J connectivity index is 1.73. The summed E-state index contributed by atoms with van der Waals surface area (Å²) in [6, 6.07) is 22.3. The van der Waals surface area contributed by atoms with Crippen LogP contribution in [0.4, 0.5) is 5.69 Å². The lowest BCUT2D eigenvalue weighted by molar-refractivity contribution is 0.0680. The number of nitrogens with zero attached hydrogens (tertiary/aromatic N) is 1. The van der Waals surface area contributed by atoms with Crippen molar-refractivity contribution in [2.45, 2.75) is 18.4 Å². The molecule has 3 aromatic carbocycles. The maximum atomic E-state index is 13.1. The van der Waals surface area contributed by atoms with E-state index in [0.717, 1.165) is 5.56 Å². The van der Waals surface area contributed by atoms with Crippen molar-refractivity contribution in [2.24, 2.45) is 0 Å². The van der Waals surface area contributed by atoms with Crippen LogP contribution in [-0.2, 0) is 21.3 Å². The smallest absolute Gasteiger partial charge is 0.261 e. The molecule has 0 aromatic heterocycles. The number of anilines is 1. The number of nitrogens with one attached hydrogen (secondary N) is 1. The molecule has 0 heterocycles. The number of rotatable bonds is 11. The van der Waals surface area contributed by atoms with E-state index in [1.807, 2.05) is 37.3 Å². The summed E-state index contributed by atoms with van der Waals surface area (Å²) in [7, 11) is -2.21. The van der Waals surface area contributed by atoms with Gasteiger partial charge in [-0.2, -0.15) is 0 Å². The van der Waals surface area contributed by atoms with Crippen LogP contribution < -0.4 is 9.46 Å². The molecule has 3 aromatic rings. The Labute approximate surface area is 195 Å². The number of sulfonamides is 1. The van der Waals surface area contributed by atoms with E-state index < -0.39 is 10.0 Å². The summed E-state index contributed by atoms with van der Waals surface area (Å²) in [6.07, 6.45) is 0. The van der Waals surface area contributed by atoms with Crippen LogP contribution in [0.2, 0.25) is 0 Å². The molecule has 174 valence electrons. The van der Waals surface area contributed by atoms with Gasteiger partial charge in [-0.25, -0.2) is 8.42 Å². The molecule has 0 saturated carbocycles. The van der Waals surface area contributed by atoms with Gasteiger partial charge in [0.1, 0.15) is 5.75 Å². The molecule has 1 amide bonds. The average Bonchev–Trinajstić information content (AvgIpc) is 2.83. The van der Waals surface area contributed by atoms with Crippen LogP contribution >= 0.6 is 0 Å². The maximum Gasteiger partial charge on any atom is 0.261 e. The highest BCUT2D eigenvalue weighted by Gasteiger charge is 2.19. The van der Waals surface area contributed by atoms with Crippen LogP contribution in [0.15, 0.2) is 83.8 Å². The number of hydrogen-bond donors (Lipinski definition) is 1. The van der Waals surface area contributed by atoms with Crippen molar-refractivity contribution in [3.63, 3.8) is 0 Å². The van der Waals surface area contributed by atoms with Gasteiger partial charge in [0.2, 0.25) is 0 Å². The van der Waals surface area contributed by atoms with Gasteiger partial charge in [0.15, 0.2) is 0 Å². The molecule has 0 aliphatic heterocycles. The minimum Gasteiger partial charge on any atom is -0.494 e. The third kappa shape index (κ3) is 6.81. The summed E-state index contributed by atoms with van der Waals surface area (Å²) >= 11 is 0. The van der Waals surface area contributed by atoms with Gasteiger partial charge in [0, 0.05) is 31.5 Å². The van der Waals surface area contributed by atoms with E-state index in [9.17, 15) is 13.2 Å². The molecule has 8 heteroatoms. The lowest BCUT2D eigenvalue weighted by atomic mass is 10.1. The van der Waals surface area contributed by atoms with Crippen molar-refractivity contribution in [3.05, 3.63) is 90.0 Å². The van der Waals surface area contributed by atoms with E-state index in [1.165, 1.54) is 24.3 Å². The zero-order valence-corrected chi connectivity index (χ0v) is 19.5. The van der Waals surface area contributed by atoms with E-state index in [1.54, 1.807) is 36.3 Å². The molecule has 0 radical (unpaired) electrons. The Morgan fingerprint density at radius 3 is 2.21 bits per heavy atom. The molecule has 1 N–H and O–H groups in total. The first-order chi connectivity index (χ1) is 15.9. The zero-order chi connectivity index (χ0) is 23.7. The fourth-order valence-corrected chi connectivity index (χ4v) is 4.28. The molecule has 0 saturated heterocycles. The monoisotopic (exact) mass is 468 g/mol. The fraction of sp³-hybridized carbons (Fsp3) is 0.240. The Morgan fingerprint density at radius 1 is 0.939 bits per heavy atom. The van der Waals surface area contributed by atoms with E-state index in [2.05, 4.69) is 4.72 Å². The summed E-state index contributed by atoms with van der Waals surface area (Å²) < 4.78 is 38.6. The molecular formula is C25H28N2O5S. The summed E-state index contributed by atoms with van der Waals surface area (Å²) in [5, 5.41) is 0. The number of carbonyl (C=O) groups excluding carboxylic acids is 1. The first-order valence-corrected chi connectivity index (χ1v) is 12.1. The molecule has 0 aliphatic carbocycles. The van der Waals surface area contributed by atoms with E-state index in [0.29, 0.717) is 43.3 Å². The Hall–Kier alpha value is -3.36. The topological polar surface area (TPSA) is 84.9 Å². The maximum absolute atomic E-state index is 13.1. The Kier molecular flexibility index (Phi) is 8.46. The van der Waals surface area contributed by atoms with Gasteiger partial charge in [-0.15, -0.1) is 0 Å². The molecule has 0 spiro atoms. The van der Waals surface area contributed by atoms with Gasteiger partial charge >= 0.3 is 0 Å². The predicted octanol–water partition coefficient (Wildman–Crippen LogP) is 4.17. The molecule has 7 nitrogen and oxygen atoms in total. The third-order valence-electron chi connectivity index (χ3n) is 4.90. The lowest BCUT2D eigenvalue weighted by Gasteiger charge is -2.23. The number of ether oxygens (including phenoxy) is 2. The SMILES string of the molecule is CCOc1ccc(NS(=O)(=O)c2ccc(C(=O)N(CCOC)Cc3ccccc3)cc2)cc1. The highest BCUT2D eigenvalue weighted by Crippen LogP contribution is 2.20. The molecular weight excluding hydrogens is 440 g/mol. The molecule has 0 bridgehead atoms.